The van der Waals surface area contributed by atoms with Crippen molar-refractivity contribution in [2.24, 2.45) is 0 Å². The third-order valence-corrected chi connectivity index (χ3v) is 4.43. The minimum absolute atomic E-state index is 0.277. The van der Waals surface area contributed by atoms with E-state index in [0.717, 1.165) is 24.0 Å². The molecule has 0 amide bonds. The quantitative estimate of drug-likeness (QED) is 0.408. The molecular formula is C11H22O8P2. The first-order chi connectivity index (χ1) is 9.56. The van der Waals surface area contributed by atoms with Crippen molar-refractivity contribution in [3.63, 3.8) is 0 Å². The summed E-state index contributed by atoms with van der Waals surface area (Å²) in [4.78, 5) is 25.9. The molecule has 0 bridgehead atoms. The second-order valence-electron chi connectivity index (χ2n) is 4.41. The van der Waals surface area contributed by atoms with E-state index < -0.39 is 15.6 Å². The Morgan fingerprint density at radius 3 is 2.24 bits per heavy atom. The van der Waals surface area contributed by atoms with Crippen molar-refractivity contribution in [2.45, 2.75) is 26.7 Å². The molecule has 0 fully saturated rings. The normalized spacial score (nSPS) is 16.9. The van der Waals surface area contributed by atoms with Gasteiger partial charge in [0.2, 0.25) is 0 Å². The second-order valence-corrected chi connectivity index (χ2v) is 7.24. The molecule has 0 saturated heterocycles. The summed E-state index contributed by atoms with van der Waals surface area (Å²) in [5.74, 6) is 0. The van der Waals surface area contributed by atoms with Crippen molar-refractivity contribution in [1.29, 1.82) is 0 Å². The van der Waals surface area contributed by atoms with Crippen molar-refractivity contribution in [1.82, 2.24) is 0 Å². The van der Waals surface area contributed by atoms with Crippen LogP contribution in [0.3, 0.4) is 0 Å². The number of rotatable bonds is 10. The summed E-state index contributed by atoms with van der Waals surface area (Å²) in [7, 11) is -8.20. The van der Waals surface area contributed by atoms with Gasteiger partial charge in [0.1, 0.15) is 0 Å². The third kappa shape index (κ3) is 13.1. The zero-order valence-electron chi connectivity index (χ0n) is 12.3. The first-order valence-electron chi connectivity index (χ1n) is 6.10. The van der Waals surface area contributed by atoms with Crippen molar-refractivity contribution in [3.05, 3.63) is 23.3 Å². The summed E-state index contributed by atoms with van der Waals surface area (Å²) in [6.07, 6.45) is 5.08. The van der Waals surface area contributed by atoms with Gasteiger partial charge in [0, 0.05) is 7.11 Å². The maximum Gasteiger partial charge on any atom is 0.481 e. The van der Waals surface area contributed by atoms with Crippen LogP contribution in [-0.2, 0) is 22.7 Å². The van der Waals surface area contributed by atoms with Crippen molar-refractivity contribution >= 4 is 15.6 Å². The molecule has 3 N–H and O–H groups in total. The molecule has 0 radical (unpaired) electrons. The van der Waals surface area contributed by atoms with Gasteiger partial charge in [0.25, 0.3) is 0 Å². The number of allylic oxidation sites excluding steroid dienone is 2. The standard InChI is InChI=1S/C11H22O8P2/c1-10(5-4-6-11(2)9-17-3)7-8-18-21(15,16)19-20(12,13)14/h6-7H,4-5,8-9H2,1-3H3,(H,15,16)(H2,12,13,14)/b10-7+,11-6+. The number of hydrogen-bond acceptors (Lipinski definition) is 5. The highest BCUT2D eigenvalue weighted by molar-refractivity contribution is 7.60. The molecule has 0 heterocycles. The SMILES string of the molecule is COC/C(C)=C/CC/C(C)=C/COP(=O)(O)OP(=O)(O)O. The van der Waals surface area contributed by atoms with Gasteiger partial charge in [-0.25, -0.2) is 9.13 Å². The Morgan fingerprint density at radius 2 is 1.71 bits per heavy atom. The maximum absolute atomic E-state index is 11.2. The highest BCUT2D eigenvalue weighted by atomic mass is 31.3. The van der Waals surface area contributed by atoms with Gasteiger partial charge in [-0.05, 0) is 26.7 Å². The van der Waals surface area contributed by atoms with Crippen LogP contribution in [0.25, 0.3) is 0 Å². The van der Waals surface area contributed by atoms with E-state index in [-0.39, 0.29) is 6.61 Å². The monoisotopic (exact) mass is 344 g/mol. The molecule has 10 heteroatoms. The van der Waals surface area contributed by atoms with E-state index in [2.05, 4.69) is 8.83 Å². The van der Waals surface area contributed by atoms with Gasteiger partial charge < -0.3 is 19.4 Å². The largest absolute Gasteiger partial charge is 0.481 e. The first-order valence-corrected chi connectivity index (χ1v) is 9.13. The molecule has 1 unspecified atom stereocenters. The van der Waals surface area contributed by atoms with Crippen LogP contribution in [0.4, 0.5) is 0 Å². The van der Waals surface area contributed by atoms with Gasteiger partial charge in [-0.3, -0.25) is 4.52 Å². The minimum atomic E-state index is -5.06. The zero-order valence-corrected chi connectivity index (χ0v) is 14.0. The molecule has 0 aromatic rings. The molecular weight excluding hydrogens is 322 g/mol. The highest BCUT2D eigenvalue weighted by Crippen LogP contribution is 2.57. The fraction of sp³-hybridized carbons (Fsp3) is 0.636. The maximum atomic E-state index is 11.2. The molecule has 0 aliphatic heterocycles. The summed E-state index contributed by atoms with van der Waals surface area (Å²) in [6, 6.07) is 0. The summed E-state index contributed by atoms with van der Waals surface area (Å²) in [6.45, 7) is 4.06. The molecule has 0 spiro atoms. The predicted molar refractivity (Wildman–Crippen MR) is 77.5 cm³/mol. The van der Waals surface area contributed by atoms with Crippen LogP contribution in [0, 0.1) is 0 Å². The smallest absolute Gasteiger partial charge is 0.380 e. The van der Waals surface area contributed by atoms with Gasteiger partial charge in [0.15, 0.2) is 0 Å². The Balaban J connectivity index is 4.16. The molecule has 0 saturated carbocycles. The average Bonchev–Trinajstić information content (AvgIpc) is 2.25. The van der Waals surface area contributed by atoms with Crippen LogP contribution in [-0.4, -0.2) is 35.0 Å². The number of phosphoric ester groups is 1. The molecule has 8 nitrogen and oxygen atoms in total. The predicted octanol–water partition coefficient (Wildman–Crippen LogP) is 2.53. The Kier molecular flexibility index (Phi) is 9.53. The Labute approximate surface area is 124 Å². The Morgan fingerprint density at radius 1 is 1.10 bits per heavy atom. The molecule has 0 aliphatic carbocycles. The summed E-state index contributed by atoms with van der Waals surface area (Å²) in [5, 5.41) is 0. The molecule has 0 rings (SSSR count). The molecule has 124 valence electrons. The van der Waals surface area contributed by atoms with Gasteiger partial charge in [-0.2, -0.15) is 4.31 Å². The van der Waals surface area contributed by atoms with Gasteiger partial charge >= 0.3 is 15.6 Å². The first kappa shape index (κ1) is 20.7. The van der Waals surface area contributed by atoms with Gasteiger partial charge in [-0.1, -0.05) is 23.3 Å². The summed E-state index contributed by atoms with van der Waals surface area (Å²) in [5.41, 5.74) is 2.02. The fourth-order valence-electron chi connectivity index (χ4n) is 1.37. The summed E-state index contributed by atoms with van der Waals surface area (Å²) >= 11 is 0. The van der Waals surface area contributed by atoms with E-state index in [1.165, 1.54) is 0 Å². The lowest BCUT2D eigenvalue weighted by Gasteiger charge is -2.11. The third-order valence-electron chi connectivity index (χ3n) is 2.28. The number of methoxy groups -OCH3 is 1. The van der Waals surface area contributed by atoms with Gasteiger partial charge in [0.05, 0.1) is 13.2 Å². The molecule has 1 atom stereocenters. The number of phosphoric acid groups is 2. The lowest BCUT2D eigenvalue weighted by atomic mass is 10.1. The lowest BCUT2D eigenvalue weighted by molar-refractivity contribution is 0.191. The Bertz CT molecular complexity index is 465. The van der Waals surface area contributed by atoms with E-state index in [1.54, 1.807) is 13.2 Å². The van der Waals surface area contributed by atoms with Crippen molar-refractivity contribution in [3.8, 4) is 0 Å². The molecule has 21 heavy (non-hydrogen) atoms. The molecule has 0 aliphatic rings. The lowest BCUT2D eigenvalue weighted by Crippen LogP contribution is -1.94. The average molecular weight is 344 g/mol. The second kappa shape index (κ2) is 9.66. The van der Waals surface area contributed by atoms with E-state index in [1.807, 2.05) is 19.9 Å². The number of hydrogen-bond donors (Lipinski definition) is 3. The molecule has 0 aromatic heterocycles. The van der Waals surface area contributed by atoms with E-state index in [0.29, 0.717) is 6.61 Å². The zero-order chi connectivity index (χ0) is 16.5. The van der Waals surface area contributed by atoms with E-state index in [4.69, 9.17) is 19.4 Å². The van der Waals surface area contributed by atoms with Crippen LogP contribution in [0.1, 0.15) is 26.7 Å². The van der Waals surface area contributed by atoms with Crippen LogP contribution >= 0.6 is 15.6 Å². The van der Waals surface area contributed by atoms with Gasteiger partial charge in [-0.15, -0.1) is 0 Å². The van der Waals surface area contributed by atoms with Crippen molar-refractivity contribution in [2.75, 3.05) is 20.3 Å². The molecule has 0 aromatic carbocycles. The van der Waals surface area contributed by atoms with E-state index in [9.17, 15) is 9.13 Å². The fourth-order valence-corrected chi connectivity index (χ4v) is 2.89. The Hall–Kier alpha value is -0.300. The van der Waals surface area contributed by atoms with Crippen LogP contribution < -0.4 is 0 Å². The van der Waals surface area contributed by atoms with E-state index >= 15 is 0 Å². The van der Waals surface area contributed by atoms with Crippen LogP contribution in [0.2, 0.25) is 0 Å². The van der Waals surface area contributed by atoms with Crippen LogP contribution in [0.15, 0.2) is 23.3 Å². The van der Waals surface area contributed by atoms with Crippen molar-refractivity contribution < 1.29 is 37.4 Å². The van der Waals surface area contributed by atoms with Crippen LogP contribution in [0.5, 0.6) is 0 Å². The summed E-state index contributed by atoms with van der Waals surface area (Å²) < 4.78 is 34.6. The number of ether oxygens (including phenoxy) is 1. The highest BCUT2D eigenvalue weighted by Gasteiger charge is 2.31. The minimum Gasteiger partial charge on any atom is -0.380 e. The topological polar surface area (TPSA) is 123 Å².